The molecule has 0 radical (unpaired) electrons. The molecule has 3 nitrogen and oxygen atoms in total. The Bertz CT molecular complexity index is 489. The van der Waals surface area contributed by atoms with Gasteiger partial charge in [-0.3, -0.25) is 9.80 Å². The third-order valence-corrected chi connectivity index (χ3v) is 5.31. The number of rotatable bonds is 3. The van der Waals surface area contributed by atoms with E-state index >= 15 is 0 Å². The van der Waals surface area contributed by atoms with E-state index in [0.717, 1.165) is 50.2 Å². The minimum atomic E-state index is -0.126. The predicted molar refractivity (Wildman–Crippen MR) is 79.5 cm³/mol. The molecule has 1 aromatic carbocycles. The molecule has 3 heterocycles. The highest BCUT2D eigenvalue weighted by Crippen LogP contribution is 2.34. The van der Waals surface area contributed by atoms with Crippen LogP contribution >= 0.6 is 0 Å². The van der Waals surface area contributed by atoms with Gasteiger partial charge in [-0.1, -0.05) is 12.1 Å². The van der Waals surface area contributed by atoms with Crippen molar-refractivity contribution in [2.24, 2.45) is 11.8 Å². The van der Waals surface area contributed by atoms with Crippen molar-refractivity contribution in [3.63, 3.8) is 0 Å². The summed E-state index contributed by atoms with van der Waals surface area (Å²) in [6, 6.07) is 7.68. The van der Waals surface area contributed by atoms with Crippen LogP contribution in [0.3, 0.4) is 0 Å². The first-order chi connectivity index (χ1) is 10.3. The van der Waals surface area contributed by atoms with Crippen molar-refractivity contribution in [1.82, 2.24) is 9.80 Å². The van der Waals surface area contributed by atoms with Crippen LogP contribution in [-0.4, -0.2) is 55.2 Å². The lowest BCUT2D eigenvalue weighted by Crippen LogP contribution is -2.36. The Balaban J connectivity index is 1.33. The van der Waals surface area contributed by atoms with Gasteiger partial charge in [-0.15, -0.1) is 0 Å². The summed E-state index contributed by atoms with van der Waals surface area (Å²) < 4.78 is 18.8. The van der Waals surface area contributed by atoms with Gasteiger partial charge in [-0.05, 0) is 36.0 Å². The third-order valence-electron chi connectivity index (χ3n) is 5.31. The van der Waals surface area contributed by atoms with E-state index in [4.69, 9.17) is 4.74 Å². The van der Waals surface area contributed by atoms with Crippen molar-refractivity contribution in [3.8, 4) is 0 Å². The molecule has 3 aliphatic heterocycles. The Morgan fingerprint density at radius 3 is 2.62 bits per heavy atom. The Kier molecular flexibility index (Phi) is 3.69. The number of hydrogen-bond acceptors (Lipinski definition) is 3. The first kappa shape index (κ1) is 13.7. The van der Waals surface area contributed by atoms with Gasteiger partial charge in [0.05, 0.1) is 6.61 Å². The highest BCUT2D eigenvalue weighted by molar-refractivity contribution is 5.16. The monoisotopic (exact) mass is 290 g/mol. The number of halogens is 1. The second kappa shape index (κ2) is 5.67. The number of hydrogen-bond donors (Lipinski definition) is 0. The van der Waals surface area contributed by atoms with E-state index in [1.54, 1.807) is 6.07 Å². The fraction of sp³-hybridized carbons (Fsp3) is 0.647. The van der Waals surface area contributed by atoms with E-state index in [0.29, 0.717) is 6.04 Å². The van der Waals surface area contributed by atoms with E-state index in [9.17, 15) is 4.39 Å². The van der Waals surface area contributed by atoms with Gasteiger partial charge >= 0.3 is 0 Å². The number of fused-ring (bicyclic) bond motifs is 1. The SMILES string of the molecule is Fc1cccc(CN2C[C@@H]3CN([C@@H]4CCOC4)C[C@@H]3C2)c1. The minimum absolute atomic E-state index is 0.126. The Morgan fingerprint density at radius 2 is 1.95 bits per heavy atom. The topological polar surface area (TPSA) is 15.7 Å². The zero-order valence-corrected chi connectivity index (χ0v) is 12.4. The first-order valence-electron chi connectivity index (χ1n) is 8.06. The Hall–Kier alpha value is -0.970. The van der Waals surface area contributed by atoms with Gasteiger partial charge in [0, 0.05) is 45.4 Å². The van der Waals surface area contributed by atoms with Crippen LogP contribution in [-0.2, 0) is 11.3 Å². The lowest BCUT2D eigenvalue weighted by atomic mass is 10.0. The molecule has 3 aliphatic rings. The molecule has 1 aromatic rings. The fourth-order valence-electron chi connectivity index (χ4n) is 4.26. The molecular formula is C17H23FN2O. The number of ether oxygens (including phenoxy) is 1. The highest BCUT2D eigenvalue weighted by Gasteiger charge is 2.42. The van der Waals surface area contributed by atoms with Crippen molar-refractivity contribution in [2.45, 2.75) is 19.0 Å². The summed E-state index contributed by atoms with van der Waals surface area (Å²) >= 11 is 0. The number of benzene rings is 1. The zero-order chi connectivity index (χ0) is 14.2. The van der Waals surface area contributed by atoms with E-state index in [1.165, 1.54) is 25.6 Å². The molecule has 0 aromatic heterocycles. The second-order valence-electron chi connectivity index (χ2n) is 6.82. The summed E-state index contributed by atoms with van der Waals surface area (Å²) in [5.41, 5.74) is 1.09. The number of nitrogens with zero attached hydrogens (tertiary/aromatic N) is 2. The van der Waals surface area contributed by atoms with Crippen LogP contribution in [0.1, 0.15) is 12.0 Å². The summed E-state index contributed by atoms with van der Waals surface area (Å²) in [5, 5.41) is 0. The van der Waals surface area contributed by atoms with E-state index in [1.807, 2.05) is 12.1 Å². The van der Waals surface area contributed by atoms with Crippen LogP contribution < -0.4 is 0 Å². The summed E-state index contributed by atoms with van der Waals surface area (Å²) in [7, 11) is 0. The predicted octanol–water partition coefficient (Wildman–Crippen LogP) is 1.98. The zero-order valence-electron chi connectivity index (χ0n) is 12.4. The molecule has 21 heavy (non-hydrogen) atoms. The van der Waals surface area contributed by atoms with Gasteiger partial charge in [0.2, 0.25) is 0 Å². The smallest absolute Gasteiger partial charge is 0.123 e. The average Bonchev–Trinajstić information content (AvgIpc) is 3.12. The second-order valence-corrected chi connectivity index (χ2v) is 6.82. The molecule has 3 atom stereocenters. The maximum atomic E-state index is 13.3. The van der Waals surface area contributed by atoms with Gasteiger partial charge in [-0.25, -0.2) is 4.39 Å². The normalized spacial score (nSPS) is 33.7. The minimum Gasteiger partial charge on any atom is -0.380 e. The van der Waals surface area contributed by atoms with Crippen molar-refractivity contribution >= 4 is 0 Å². The maximum absolute atomic E-state index is 13.3. The van der Waals surface area contributed by atoms with Crippen LogP contribution in [0.25, 0.3) is 0 Å². The molecule has 3 fully saturated rings. The summed E-state index contributed by atoms with van der Waals surface area (Å²) in [5.74, 6) is 1.46. The molecule has 0 saturated carbocycles. The maximum Gasteiger partial charge on any atom is 0.123 e. The van der Waals surface area contributed by atoms with Crippen LogP contribution in [0, 0.1) is 17.7 Å². The van der Waals surface area contributed by atoms with Gasteiger partial charge < -0.3 is 4.74 Å². The summed E-state index contributed by atoms with van der Waals surface area (Å²) in [6.07, 6.45) is 1.20. The van der Waals surface area contributed by atoms with Gasteiger partial charge in [-0.2, -0.15) is 0 Å². The van der Waals surface area contributed by atoms with E-state index < -0.39 is 0 Å². The quantitative estimate of drug-likeness (QED) is 0.846. The third kappa shape index (κ3) is 2.85. The molecular weight excluding hydrogens is 267 g/mol. The van der Waals surface area contributed by atoms with E-state index in [-0.39, 0.29) is 5.82 Å². The largest absolute Gasteiger partial charge is 0.380 e. The van der Waals surface area contributed by atoms with Gasteiger partial charge in [0.25, 0.3) is 0 Å². The van der Waals surface area contributed by atoms with Crippen molar-refractivity contribution in [3.05, 3.63) is 35.6 Å². The summed E-state index contributed by atoms with van der Waals surface area (Å²) in [6.45, 7) is 7.50. The average molecular weight is 290 g/mol. The molecule has 0 bridgehead atoms. The lowest BCUT2D eigenvalue weighted by Gasteiger charge is -2.25. The lowest BCUT2D eigenvalue weighted by molar-refractivity contribution is 0.149. The molecule has 0 unspecified atom stereocenters. The standard InChI is InChI=1S/C17H23FN2O/c18-16-3-1-2-13(6-16)7-19-8-14-10-20(11-15(14)9-19)17-4-5-21-12-17/h1-3,6,14-15,17H,4-5,7-12H2/t14-,15+,17-/m1/s1. The van der Waals surface area contributed by atoms with Crippen LogP contribution in [0.4, 0.5) is 4.39 Å². The van der Waals surface area contributed by atoms with Gasteiger partial charge in [0.15, 0.2) is 0 Å². The molecule has 0 spiro atoms. The molecule has 4 rings (SSSR count). The molecule has 0 amide bonds. The number of likely N-dealkylation sites (tertiary alicyclic amines) is 2. The van der Waals surface area contributed by atoms with Crippen molar-refractivity contribution in [1.29, 1.82) is 0 Å². The van der Waals surface area contributed by atoms with Crippen molar-refractivity contribution in [2.75, 3.05) is 39.4 Å². The Morgan fingerprint density at radius 1 is 1.14 bits per heavy atom. The molecule has 4 heteroatoms. The van der Waals surface area contributed by atoms with Crippen molar-refractivity contribution < 1.29 is 9.13 Å². The summed E-state index contributed by atoms with van der Waals surface area (Å²) in [4.78, 5) is 5.13. The molecule has 0 N–H and O–H groups in total. The van der Waals surface area contributed by atoms with Crippen LogP contribution in [0.2, 0.25) is 0 Å². The van der Waals surface area contributed by atoms with Crippen LogP contribution in [0.15, 0.2) is 24.3 Å². The highest BCUT2D eigenvalue weighted by atomic mass is 19.1. The molecule has 0 aliphatic carbocycles. The molecule has 3 saturated heterocycles. The first-order valence-corrected chi connectivity index (χ1v) is 8.06. The fourth-order valence-corrected chi connectivity index (χ4v) is 4.26. The molecule has 114 valence electrons. The van der Waals surface area contributed by atoms with Gasteiger partial charge in [0.1, 0.15) is 5.82 Å². The Labute approximate surface area is 125 Å². The van der Waals surface area contributed by atoms with Crippen LogP contribution in [0.5, 0.6) is 0 Å². The van der Waals surface area contributed by atoms with E-state index in [2.05, 4.69) is 9.80 Å².